The SMILES string of the molecule is CC(=O)c1c(C=O)ccc(F)c1F. The summed E-state index contributed by atoms with van der Waals surface area (Å²) >= 11 is 0. The second kappa shape index (κ2) is 3.43. The van der Waals surface area contributed by atoms with E-state index in [1.165, 1.54) is 0 Å². The highest BCUT2D eigenvalue weighted by atomic mass is 19.2. The quantitative estimate of drug-likeness (QED) is 0.520. The van der Waals surface area contributed by atoms with Crippen molar-refractivity contribution >= 4 is 12.1 Å². The molecule has 68 valence electrons. The maximum atomic E-state index is 12.9. The highest BCUT2D eigenvalue weighted by molar-refractivity contribution is 6.01. The molecule has 0 saturated carbocycles. The molecule has 2 nitrogen and oxygen atoms in total. The molecule has 0 fully saturated rings. The van der Waals surface area contributed by atoms with E-state index in [0.717, 1.165) is 19.1 Å². The molecule has 0 aliphatic rings. The van der Waals surface area contributed by atoms with Crippen LogP contribution in [0.3, 0.4) is 0 Å². The zero-order valence-electron chi connectivity index (χ0n) is 6.80. The molecule has 13 heavy (non-hydrogen) atoms. The van der Waals surface area contributed by atoms with Crippen LogP contribution in [0.1, 0.15) is 27.6 Å². The smallest absolute Gasteiger partial charge is 0.170 e. The molecule has 4 heteroatoms. The van der Waals surface area contributed by atoms with E-state index in [4.69, 9.17) is 0 Å². The molecule has 1 rings (SSSR count). The summed E-state index contributed by atoms with van der Waals surface area (Å²) in [5.74, 6) is -3.06. The molecule has 0 radical (unpaired) electrons. The second-order valence-corrected chi connectivity index (χ2v) is 2.50. The fourth-order valence-electron chi connectivity index (χ4n) is 1.02. The van der Waals surface area contributed by atoms with Gasteiger partial charge in [-0.15, -0.1) is 0 Å². The van der Waals surface area contributed by atoms with E-state index in [-0.39, 0.29) is 5.56 Å². The molecule has 0 aliphatic carbocycles. The molecule has 1 aromatic rings. The Morgan fingerprint density at radius 1 is 1.38 bits per heavy atom. The monoisotopic (exact) mass is 184 g/mol. The van der Waals surface area contributed by atoms with Gasteiger partial charge >= 0.3 is 0 Å². The minimum atomic E-state index is -1.27. The van der Waals surface area contributed by atoms with Gasteiger partial charge < -0.3 is 0 Å². The predicted octanol–water partition coefficient (Wildman–Crippen LogP) is 1.98. The second-order valence-electron chi connectivity index (χ2n) is 2.50. The van der Waals surface area contributed by atoms with E-state index in [1.54, 1.807) is 0 Å². The van der Waals surface area contributed by atoms with Crippen molar-refractivity contribution in [2.45, 2.75) is 6.92 Å². The van der Waals surface area contributed by atoms with E-state index >= 15 is 0 Å². The maximum Gasteiger partial charge on any atom is 0.170 e. The highest BCUT2D eigenvalue weighted by Crippen LogP contribution is 2.15. The molecule has 0 amide bonds. The van der Waals surface area contributed by atoms with Crippen LogP contribution in [0.5, 0.6) is 0 Å². The van der Waals surface area contributed by atoms with Crippen LogP contribution in [0.2, 0.25) is 0 Å². The van der Waals surface area contributed by atoms with E-state index in [1.807, 2.05) is 0 Å². The Kier molecular flexibility index (Phi) is 2.51. The lowest BCUT2D eigenvalue weighted by atomic mass is 10.0. The molecular weight excluding hydrogens is 178 g/mol. The number of ketones is 1. The van der Waals surface area contributed by atoms with Crippen LogP contribution in [-0.4, -0.2) is 12.1 Å². The normalized spacial score (nSPS) is 9.77. The topological polar surface area (TPSA) is 34.1 Å². The van der Waals surface area contributed by atoms with E-state index in [9.17, 15) is 18.4 Å². The highest BCUT2D eigenvalue weighted by Gasteiger charge is 2.16. The molecule has 0 bridgehead atoms. The van der Waals surface area contributed by atoms with E-state index in [2.05, 4.69) is 0 Å². The molecule has 0 N–H and O–H groups in total. The standard InChI is InChI=1S/C9H6F2O2/c1-5(13)8-6(4-12)2-3-7(10)9(8)11/h2-4H,1H3. The zero-order chi connectivity index (χ0) is 10.0. The van der Waals surface area contributed by atoms with Crippen LogP contribution >= 0.6 is 0 Å². The summed E-state index contributed by atoms with van der Waals surface area (Å²) in [6.45, 7) is 1.07. The number of hydrogen-bond donors (Lipinski definition) is 0. The molecule has 0 heterocycles. The molecule has 0 saturated heterocycles. The van der Waals surface area contributed by atoms with Gasteiger partial charge in [0.2, 0.25) is 0 Å². The van der Waals surface area contributed by atoms with Crippen molar-refractivity contribution in [2.75, 3.05) is 0 Å². The van der Waals surface area contributed by atoms with Gasteiger partial charge in [-0.05, 0) is 19.1 Å². The first-order chi connectivity index (χ1) is 6.07. The fraction of sp³-hybridized carbons (Fsp3) is 0.111. The summed E-state index contributed by atoms with van der Waals surface area (Å²) in [4.78, 5) is 21.2. The van der Waals surface area contributed by atoms with Crippen molar-refractivity contribution in [1.82, 2.24) is 0 Å². The van der Waals surface area contributed by atoms with Crippen molar-refractivity contribution in [1.29, 1.82) is 0 Å². The average molecular weight is 184 g/mol. The summed E-state index contributed by atoms with van der Waals surface area (Å²) in [5.41, 5.74) is -0.624. The third-order valence-corrected chi connectivity index (χ3v) is 1.61. The van der Waals surface area contributed by atoms with Gasteiger partial charge in [0.05, 0.1) is 5.56 Å². The molecular formula is C9H6F2O2. The molecule has 1 aromatic carbocycles. The summed E-state index contributed by atoms with van der Waals surface area (Å²) in [7, 11) is 0. The van der Waals surface area contributed by atoms with Crippen LogP contribution < -0.4 is 0 Å². The Labute approximate surface area is 73.2 Å². The van der Waals surface area contributed by atoms with Crippen molar-refractivity contribution < 1.29 is 18.4 Å². The summed E-state index contributed by atoms with van der Waals surface area (Å²) < 4.78 is 25.6. The van der Waals surface area contributed by atoms with Crippen molar-refractivity contribution in [3.05, 3.63) is 34.9 Å². The van der Waals surface area contributed by atoms with Crippen LogP contribution in [0.15, 0.2) is 12.1 Å². The Balaban J connectivity index is 3.50. The minimum Gasteiger partial charge on any atom is -0.298 e. The van der Waals surface area contributed by atoms with Crippen molar-refractivity contribution in [2.24, 2.45) is 0 Å². The number of rotatable bonds is 2. The number of carbonyl (C=O) groups is 2. The molecule has 0 aromatic heterocycles. The maximum absolute atomic E-state index is 12.9. The van der Waals surface area contributed by atoms with Crippen LogP contribution in [-0.2, 0) is 0 Å². The summed E-state index contributed by atoms with van der Waals surface area (Å²) in [5, 5.41) is 0. The third-order valence-electron chi connectivity index (χ3n) is 1.61. The Hall–Kier alpha value is -1.58. The summed E-state index contributed by atoms with van der Waals surface area (Å²) in [6.07, 6.45) is 0.319. The van der Waals surface area contributed by atoms with Crippen LogP contribution in [0.25, 0.3) is 0 Å². The Bertz CT molecular complexity index is 372. The lowest BCUT2D eigenvalue weighted by Crippen LogP contribution is -2.04. The van der Waals surface area contributed by atoms with Gasteiger partial charge in [0.25, 0.3) is 0 Å². The number of carbonyl (C=O) groups excluding carboxylic acids is 2. The average Bonchev–Trinajstić information content (AvgIpc) is 2.08. The van der Waals surface area contributed by atoms with Gasteiger partial charge in [0.1, 0.15) is 0 Å². The van der Waals surface area contributed by atoms with Gasteiger partial charge in [-0.1, -0.05) is 0 Å². The van der Waals surface area contributed by atoms with Gasteiger partial charge in [0.15, 0.2) is 23.7 Å². The largest absolute Gasteiger partial charge is 0.298 e. The fourth-order valence-corrected chi connectivity index (χ4v) is 1.02. The lowest BCUT2D eigenvalue weighted by molar-refractivity contribution is 0.1000. The number of hydrogen-bond acceptors (Lipinski definition) is 2. The van der Waals surface area contributed by atoms with Crippen molar-refractivity contribution in [3.63, 3.8) is 0 Å². The third kappa shape index (κ3) is 1.61. The predicted molar refractivity (Wildman–Crippen MR) is 41.8 cm³/mol. The Morgan fingerprint density at radius 2 is 2.00 bits per heavy atom. The van der Waals surface area contributed by atoms with Gasteiger partial charge in [-0.25, -0.2) is 8.78 Å². The van der Waals surface area contributed by atoms with Gasteiger partial charge in [-0.2, -0.15) is 0 Å². The van der Waals surface area contributed by atoms with E-state index < -0.39 is 23.0 Å². The summed E-state index contributed by atoms with van der Waals surface area (Å²) in [6, 6.07) is 1.88. The zero-order valence-corrected chi connectivity index (χ0v) is 6.80. The molecule has 0 spiro atoms. The van der Waals surface area contributed by atoms with Crippen molar-refractivity contribution in [3.8, 4) is 0 Å². The number of halogens is 2. The number of aldehydes is 1. The number of benzene rings is 1. The van der Waals surface area contributed by atoms with Gasteiger partial charge in [0, 0.05) is 5.56 Å². The molecule has 0 atom stereocenters. The van der Waals surface area contributed by atoms with Gasteiger partial charge in [-0.3, -0.25) is 9.59 Å². The van der Waals surface area contributed by atoms with Crippen LogP contribution in [0.4, 0.5) is 8.78 Å². The first-order valence-electron chi connectivity index (χ1n) is 3.52. The molecule has 0 aliphatic heterocycles. The minimum absolute atomic E-state index is 0.133. The molecule has 0 unspecified atom stereocenters. The number of Topliss-reactive ketones (excluding diaryl/α,β-unsaturated/α-hetero) is 1. The first-order valence-corrected chi connectivity index (χ1v) is 3.52. The van der Waals surface area contributed by atoms with E-state index in [0.29, 0.717) is 6.29 Å². The van der Waals surface area contributed by atoms with Crippen LogP contribution in [0, 0.1) is 11.6 Å². The lowest BCUT2D eigenvalue weighted by Gasteiger charge is -2.02. The first kappa shape index (κ1) is 9.51. The Morgan fingerprint density at radius 3 is 2.46 bits per heavy atom.